The summed E-state index contributed by atoms with van der Waals surface area (Å²) in [5.41, 5.74) is 0.881. The molecule has 0 fully saturated rings. The Bertz CT molecular complexity index is 1060. The number of para-hydroxylation sites is 1. The zero-order chi connectivity index (χ0) is 20.6. The van der Waals surface area contributed by atoms with E-state index >= 15 is 0 Å². The van der Waals surface area contributed by atoms with Gasteiger partial charge < -0.3 is 18.8 Å². The molecule has 1 amide bonds. The first-order valence-electron chi connectivity index (χ1n) is 9.10. The summed E-state index contributed by atoms with van der Waals surface area (Å²) in [5, 5.41) is 0. The molecule has 0 radical (unpaired) electrons. The Morgan fingerprint density at radius 2 is 1.83 bits per heavy atom. The van der Waals surface area contributed by atoms with Crippen LogP contribution in [0, 0.1) is 0 Å². The number of aryl methyl sites for hydroxylation is 1. The molecule has 1 aromatic heterocycles. The fourth-order valence-electron chi connectivity index (χ4n) is 2.72. The molecule has 0 atom stereocenters. The third-order valence-corrected chi connectivity index (χ3v) is 5.25. The van der Waals surface area contributed by atoms with Gasteiger partial charge in [0.15, 0.2) is 4.80 Å². The molecule has 0 aliphatic heterocycles. The molecule has 7 nitrogen and oxygen atoms in total. The van der Waals surface area contributed by atoms with Crippen molar-refractivity contribution >= 4 is 33.4 Å². The van der Waals surface area contributed by atoms with Crippen LogP contribution in [0.5, 0.6) is 11.5 Å². The van der Waals surface area contributed by atoms with Crippen LogP contribution in [0.1, 0.15) is 12.8 Å². The SMILES string of the molecule is COC(=O)CCn1c(=NC(=O)CCOc2ccccc2)sc2cc(OC)ccc21. The van der Waals surface area contributed by atoms with Gasteiger partial charge in [0.2, 0.25) is 0 Å². The molecule has 152 valence electrons. The summed E-state index contributed by atoms with van der Waals surface area (Å²) in [6, 6.07) is 14.9. The van der Waals surface area contributed by atoms with E-state index in [1.165, 1.54) is 18.4 Å². The van der Waals surface area contributed by atoms with E-state index in [9.17, 15) is 9.59 Å². The van der Waals surface area contributed by atoms with Crippen LogP contribution in [-0.2, 0) is 20.9 Å². The number of rotatable bonds is 8. The van der Waals surface area contributed by atoms with Crippen molar-refractivity contribution in [3.8, 4) is 11.5 Å². The Kier molecular flexibility index (Phi) is 7.02. The van der Waals surface area contributed by atoms with Crippen LogP contribution in [0.2, 0.25) is 0 Å². The minimum atomic E-state index is -0.320. The molecule has 1 heterocycles. The lowest BCUT2D eigenvalue weighted by Crippen LogP contribution is -2.19. The van der Waals surface area contributed by atoms with Crippen molar-refractivity contribution in [2.45, 2.75) is 19.4 Å². The highest BCUT2D eigenvalue weighted by atomic mass is 32.1. The minimum absolute atomic E-state index is 0.156. The number of hydrogen-bond donors (Lipinski definition) is 0. The number of aromatic nitrogens is 1. The van der Waals surface area contributed by atoms with Gasteiger partial charge in [-0.2, -0.15) is 4.99 Å². The summed E-state index contributed by atoms with van der Waals surface area (Å²) in [4.78, 5) is 28.8. The molecular formula is C21H22N2O5S. The van der Waals surface area contributed by atoms with Gasteiger partial charge in [-0.15, -0.1) is 0 Å². The summed E-state index contributed by atoms with van der Waals surface area (Å²) < 4.78 is 18.3. The van der Waals surface area contributed by atoms with E-state index in [1.807, 2.05) is 53.1 Å². The normalized spacial score (nSPS) is 11.4. The number of benzene rings is 2. The first-order valence-corrected chi connectivity index (χ1v) is 9.92. The van der Waals surface area contributed by atoms with Crippen LogP contribution >= 0.6 is 11.3 Å². The zero-order valence-electron chi connectivity index (χ0n) is 16.3. The first kappa shape index (κ1) is 20.6. The lowest BCUT2D eigenvalue weighted by Gasteiger charge is -2.05. The summed E-state index contributed by atoms with van der Waals surface area (Å²) in [7, 11) is 2.95. The Balaban J connectivity index is 1.81. The highest BCUT2D eigenvalue weighted by Crippen LogP contribution is 2.23. The third-order valence-electron chi connectivity index (χ3n) is 4.21. The van der Waals surface area contributed by atoms with Crippen LogP contribution in [0.15, 0.2) is 53.5 Å². The molecule has 0 N–H and O–H groups in total. The number of nitrogens with zero attached hydrogens (tertiary/aromatic N) is 2. The summed E-state index contributed by atoms with van der Waals surface area (Å²) in [6.45, 7) is 0.610. The predicted molar refractivity (Wildman–Crippen MR) is 110 cm³/mol. The van der Waals surface area contributed by atoms with Gasteiger partial charge in [0.25, 0.3) is 5.91 Å². The molecule has 3 aromatic rings. The Morgan fingerprint density at radius 3 is 2.55 bits per heavy atom. The van der Waals surface area contributed by atoms with Crippen molar-refractivity contribution in [1.82, 2.24) is 4.57 Å². The average Bonchev–Trinajstić information content (AvgIpc) is 3.08. The van der Waals surface area contributed by atoms with Gasteiger partial charge in [0.1, 0.15) is 11.5 Å². The fourth-order valence-corrected chi connectivity index (χ4v) is 3.82. The van der Waals surface area contributed by atoms with Gasteiger partial charge in [-0.05, 0) is 30.3 Å². The van der Waals surface area contributed by atoms with E-state index in [2.05, 4.69) is 4.99 Å². The molecule has 29 heavy (non-hydrogen) atoms. The van der Waals surface area contributed by atoms with E-state index < -0.39 is 0 Å². The molecule has 0 aliphatic rings. The van der Waals surface area contributed by atoms with Gasteiger partial charge in [-0.3, -0.25) is 9.59 Å². The molecule has 2 aromatic carbocycles. The zero-order valence-corrected chi connectivity index (χ0v) is 17.1. The van der Waals surface area contributed by atoms with Crippen molar-refractivity contribution in [2.75, 3.05) is 20.8 Å². The number of esters is 1. The van der Waals surface area contributed by atoms with Gasteiger partial charge >= 0.3 is 5.97 Å². The molecule has 0 spiro atoms. The van der Waals surface area contributed by atoms with E-state index in [1.54, 1.807) is 7.11 Å². The van der Waals surface area contributed by atoms with Crippen molar-refractivity contribution in [1.29, 1.82) is 0 Å². The van der Waals surface area contributed by atoms with Crippen molar-refractivity contribution in [3.05, 3.63) is 53.3 Å². The highest BCUT2D eigenvalue weighted by molar-refractivity contribution is 7.16. The van der Waals surface area contributed by atoms with Crippen LogP contribution in [-0.4, -0.2) is 37.3 Å². The van der Waals surface area contributed by atoms with Gasteiger partial charge in [-0.25, -0.2) is 0 Å². The molecule has 3 rings (SSSR count). The molecule has 0 bridgehead atoms. The first-order chi connectivity index (χ1) is 14.1. The summed E-state index contributed by atoms with van der Waals surface area (Å²) in [6.07, 6.45) is 0.344. The Labute approximate surface area is 172 Å². The number of carbonyl (C=O) groups excluding carboxylic acids is 2. The maximum absolute atomic E-state index is 12.4. The summed E-state index contributed by atoms with van der Waals surface area (Å²) >= 11 is 1.37. The second kappa shape index (κ2) is 9.88. The second-order valence-electron chi connectivity index (χ2n) is 6.11. The standard InChI is InChI=1S/C21H22N2O5S/c1-26-16-8-9-17-18(14-16)29-21(23(17)12-10-20(25)27-2)22-19(24)11-13-28-15-6-4-3-5-7-15/h3-9,14H,10-13H2,1-2H3. The highest BCUT2D eigenvalue weighted by Gasteiger charge is 2.11. The monoisotopic (exact) mass is 414 g/mol. The predicted octanol–water partition coefficient (Wildman–Crippen LogP) is 3.17. The molecule has 8 heteroatoms. The van der Waals surface area contributed by atoms with Crippen LogP contribution in [0.3, 0.4) is 0 Å². The molecule has 0 aliphatic carbocycles. The fraction of sp³-hybridized carbons (Fsp3) is 0.286. The minimum Gasteiger partial charge on any atom is -0.497 e. The number of methoxy groups -OCH3 is 2. The van der Waals surface area contributed by atoms with Gasteiger partial charge in [0, 0.05) is 6.54 Å². The number of amides is 1. The lowest BCUT2D eigenvalue weighted by molar-refractivity contribution is -0.140. The largest absolute Gasteiger partial charge is 0.497 e. The Hall–Kier alpha value is -3.13. The Morgan fingerprint density at radius 1 is 1.03 bits per heavy atom. The van der Waals surface area contributed by atoms with E-state index in [0.29, 0.717) is 22.8 Å². The van der Waals surface area contributed by atoms with E-state index in [0.717, 1.165) is 10.2 Å². The second-order valence-corrected chi connectivity index (χ2v) is 7.12. The van der Waals surface area contributed by atoms with E-state index in [4.69, 9.17) is 14.2 Å². The van der Waals surface area contributed by atoms with E-state index in [-0.39, 0.29) is 31.3 Å². The van der Waals surface area contributed by atoms with Crippen molar-refractivity contribution in [3.63, 3.8) is 0 Å². The smallest absolute Gasteiger partial charge is 0.307 e. The van der Waals surface area contributed by atoms with Crippen LogP contribution in [0.4, 0.5) is 0 Å². The number of fused-ring (bicyclic) bond motifs is 1. The van der Waals surface area contributed by atoms with Crippen LogP contribution in [0.25, 0.3) is 10.2 Å². The number of carbonyl (C=O) groups is 2. The molecule has 0 saturated heterocycles. The number of ether oxygens (including phenoxy) is 3. The van der Waals surface area contributed by atoms with Gasteiger partial charge in [0.05, 0.1) is 43.9 Å². The van der Waals surface area contributed by atoms with Crippen molar-refractivity contribution < 1.29 is 23.8 Å². The quantitative estimate of drug-likeness (QED) is 0.529. The maximum atomic E-state index is 12.4. The maximum Gasteiger partial charge on any atom is 0.307 e. The number of hydrogen-bond acceptors (Lipinski definition) is 6. The average molecular weight is 414 g/mol. The number of thiazole rings is 1. The van der Waals surface area contributed by atoms with Crippen LogP contribution < -0.4 is 14.3 Å². The summed E-state index contributed by atoms with van der Waals surface area (Å²) in [5.74, 6) is 0.820. The molecule has 0 unspecified atom stereocenters. The topological polar surface area (TPSA) is 79.1 Å². The third kappa shape index (κ3) is 5.45. The molecular weight excluding hydrogens is 392 g/mol. The lowest BCUT2D eigenvalue weighted by atomic mass is 10.3. The molecule has 0 saturated carbocycles. The van der Waals surface area contributed by atoms with Gasteiger partial charge in [-0.1, -0.05) is 29.5 Å². The van der Waals surface area contributed by atoms with Crippen molar-refractivity contribution in [2.24, 2.45) is 4.99 Å².